The molecule has 0 N–H and O–H groups in total. The average Bonchev–Trinajstić information content (AvgIpc) is 3.04. The third-order valence-corrected chi connectivity index (χ3v) is 4.54. The Morgan fingerprint density at radius 2 is 1.83 bits per heavy atom. The normalized spacial score (nSPS) is 21.3. The van der Waals surface area contributed by atoms with Crippen molar-refractivity contribution in [3.05, 3.63) is 42.0 Å². The molecule has 1 aliphatic rings. The summed E-state index contributed by atoms with van der Waals surface area (Å²) in [6.45, 7) is 8.22. The van der Waals surface area contributed by atoms with Crippen molar-refractivity contribution in [3.63, 3.8) is 0 Å². The van der Waals surface area contributed by atoms with Gasteiger partial charge in [0.2, 0.25) is 5.91 Å². The molecule has 0 radical (unpaired) electrons. The van der Waals surface area contributed by atoms with E-state index in [0.717, 1.165) is 5.69 Å². The first kappa shape index (κ1) is 17.3. The van der Waals surface area contributed by atoms with Crippen molar-refractivity contribution < 1.29 is 14.3 Å². The number of rotatable bonds is 5. The van der Waals surface area contributed by atoms with Gasteiger partial charge in [0.1, 0.15) is 6.54 Å². The number of carbonyl (C=O) groups is 2. The Bertz CT molecular complexity index is 615. The molecule has 0 heterocycles. The number of anilines is 1. The molecular weight excluding hydrogens is 290 g/mol. The zero-order chi connectivity index (χ0) is 17.2. The number of hydrogen-bond acceptors (Lipinski definition) is 3. The van der Waals surface area contributed by atoms with Crippen LogP contribution in [0.3, 0.4) is 0 Å². The highest BCUT2D eigenvalue weighted by Crippen LogP contribution is 2.60. The number of carbonyl (C=O) groups excluding carboxylic acids is 2. The molecule has 1 aromatic rings. The minimum Gasteiger partial charge on any atom is -0.468 e. The maximum Gasteiger partial charge on any atom is 0.325 e. The summed E-state index contributed by atoms with van der Waals surface area (Å²) < 4.78 is 4.75. The molecule has 1 aromatic carbocycles. The molecule has 0 unspecified atom stereocenters. The lowest BCUT2D eigenvalue weighted by molar-refractivity contribution is -0.140. The Hall–Kier alpha value is -2.10. The summed E-state index contributed by atoms with van der Waals surface area (Å²) in [5, 5.41) is 0. The molecule has 1 amide bonds. The van der Waals surface area contributed by atoms with E-state index in [1.54, 1.807) is 0 Å². The second-order valence-corrected chi connectivity index (χ2v) is 6.90. The number of ether oxygens (including phenoxy) is 1. The van der Waals surface area contributed by atoms with Gasteiger partial charge in [-0.05, 0) is 37.3 Å². The topological polar surface area (TPSA) is 46.6 Å². The summed E-state index contributed by atoms with van der Waals surface area (Å²) >= 11 is 0. The zero-order valence-corrected chi connectivity index (χ0v) is 14.5. The Labute approximate surface area is 138 Å². The third-order valence-electron chi connectivity index (χ3n) is 4.54. The van der Waals surface area contributed by atoms with Crippen molar-refractivity contribution >= 4 is 17.6 Å². The maximum atomic E-state index is 13.1. The minimum absolute atomic E-state index is 0.0194. The Morgan fingerprint density at radius 1 is 1.22 bits per heavy atom. The van der Waals surface area contributed by atoms with Gasteiger partial charge in [0.25, 0.3) is 0 Å². The molecule has 124 valence electrons. The van der Waals surface area contributed by atoms with Gasteiger partial charge in [-0.1, -0.05) is 43.7 Å². The van der Waals surface area contributed by atoms with E-state index in [0.29, 0.717) is 0 Å². The second kappa shape index (κ2) is 6.57. The Morgan fingerprint density at radius 3 is 2.35 bits per heavy atom. The van der Waals surface area contributed by atoms with Gasteiger partial charge >= 0.3 is 5.97 Å². The summed E-state index contributed by atoms with van der Waals surface area (Å²) in [6, 6.07) is 9.28. The number of esters is 1. The molecule has 23 heavy (non-hydrogen) atoms. The number of hydrogen-bond donors (Lipinski definition) is 0. The van der Waals surface area contributed by atoms with Gasteiger partial charge < -0.3 is 9.64 Å². The molecule has 1 fully saturated rings. The van der Waals surface area contributed by atoms with E-state index in [4.69, 9.17) is 4.74 Å². The van der Waals surface area contributed by atoms with Crippen molar-refractivity contribution in [2.45, 2.75) is 27.7 Å². The van der Waals surface area contributed by atoms with Gasteiger partial charge in [-0.3, -0.25) is 9.59 Å². The van der Waals surface area contributed by atoms with Crippen LogP contribution in [0.1, 0.15) is 27.7 Å². The maximum absolute atomic E-state index is 13.1. The first-order valence-corrected chi connectivity index (χ1v) is 7.87. The van der Waals surface area contributed by atoms with Crippen LogP contribution in [0.4, 0.5) is 5.69 Å². The van der Waals surface area contributed by atoms with Crippen molar-refractivity contribution in [2.75, 3.05) is 18.6 Å². The van der Waals surface area contributed by atoms with Crippen LogP contribution in [0, 0.1) is 17.3 Å². The lowest BCUT2D eigenvalue weighted by Gasteiger charge is -2.22. The number of amides is 1. The molecule has 0 saturated heterocycles. The van der Waals surface area contributed by atoms with Gasteiger partial charge in [0, 0.05) is 5.69 Å². The summed E-state index contributed by atoms with van der Waals surface area (Å²) in [6.07, 6.45) is 2.16. The van der Waals surface area contributed by atoms with Crippen LogP contribution in [0.5, 0.6) is 0 Å². The lowest BCUT2D eigenvalue weighted by Crippen LogP contribution is -2.38. The second-order valence-electron chi connectivity index (χ2n) is 6.90. The average molecular weight is 315 g/mol. The zero-order valence-electron chi connectivity index (χ0n) is 14.5. The molecular formula is C19H25NO3. The van der Waals surface area contributed by atoms with Crippen molar-refractivity contribution in [2.24, 2.45) is 17.3 Å². The first-order chi connectivity index (χ1) is 10.8. The quantitative estimate of drug-likeness (QED) is 0.618. The van der Waals surface area contributed by atoms with Crippen molar-refractivity contribution in [3.8, 4) is 0 Å². The van der Waals surface area contributed by atoms with Gasteiger partial charge in [-0.25, -0.2) is 0 Å². The summed E-state index contributed by atoms with van der Waals surface area (Å²) in [5.74, 6) is -0.334. The highest BCUT2D eigenvalue weighted by molar-refractivity contribution is 6.01. The largest absolute Gasteiger partial charge is 0.468 e. The van der Waals surface area contributed by atoms with E-state index >= 15 is 0 Å². The van der Waals surface area contributed by atoms with Gasteiger partial charge in [-0.15, -0.1) is 0 Å². The van der Waals surface area contributed by atoms with Crippen molar-refractivity contribution in [1.29, 1.82) is 0 Å². The predicted molar refractivity (Wildman–Crippen MR) is 91.0 cm³/mol. The Balaban J connectivity index is 2.28. The highest BCUT2D eigenvalue weighted by atomic mass is 16.5. The molecule has 1 aliphatic carbocycles. The SMILES string of the molecule is COC(=O)CN(C(=O)[C@H]1[C@H](C=C(C)C)C1(C)C)c1ccccc1. The van der Waals surface area contributed by atoms with Gasteiger partial charge in [-0.2, -0.15) is 0 Å². The summed E-state index contributed by atoms with van der Waals surface area (Å²) in [4.78, 5) is 26.3. The van der Waals surface area contributed by atoms with E-state index in [-0.39, 0.29) is 29.7 Å². The van der Waals surface area contributed by atoms with E-state index in [1.165, 1.54) is 17.6 Å². The first-order valence-electron chi connectivity index (χ1n) is 7.87. The van der Waals surface area contributed by atoms with Crippen molar-refractivity contribution in [1.82, 2.24) is 0 Å². The van der Waals surface area contributed by atoms with Gasteiger partial charge in [0.15, 0.2) is 0 Å². The van der Waals surface area contributed by atoms with E-state index in [1.807, 2.05) is 44.2 Å². The lowest BCUT2D eigenvalue weighted by atomic mass is 10.1. The number of methoxy groups -OCH3 is 1. The Kier molecular flexibility index (Phi) is 4.93. The predicted octanol–water partition coefficient (Wildman–Crippen LogP) is 3.43. The van der Waals surface area contributed by atoms with Crippen LogP contribution in [0.15, 0.2) is 42.0 Å². The molecule has 0 spiro atoms. The van der Waals surface area contributed by atoms with Crippen LogP contribution in [0.25, 0.3) is 0 Å². The van der Waals surface area contributed by atoms with Crippen LogP contribution < -0.4 is 4.90 Å². The van der Waals surface area contributed by atoms with E-state index in [9.17, 15) is 9.59 Å². The van der Waals surface area contributed by atoms with Crippen LogP contribution in [-0.2, 0) is 14.3 Å². The smallest absolute Gasteiger partial charge is 0.325 e. The molecule has 0 bridgehead atoms. The van der Waals surface area contributed by atoms with Crippen LogP contribution >= 0.6 is 0 Å². The van der Waals surface area contributed by atoms with Crippen LogP contribution in [0.2, 0.25) is 0 Å². The number of allylic oxidation sites excluding steroid dienone is 2. The molecule has 1 saturated carbocycles. The highest BCUT2D eigenvalue weighted by Gasteiger charge is 2.61. The minimum atomic E-state index is -0.417. The molecule has 4 heteroatoms. The summed E-state index contributed by atoms with van der Waals surface area (Å²) in [5.41, 5.74) is 1.84. The van der Waals surface area contributed by atoms with Crippen LogP contribution in [-0.4, -0.2) is 25.5 Å². The van der Waals surface area contributed by atoms with E-state index < -0.39 is 5.97 Å². The monoisotopic (exact) mass is 315 g/mol. The number of benzene rings is 1. The fourth-order valence-electron chi connectivity index (χ4n) is 3.09. The standard InChI is InChI=1S/C19H25NO3/c1-13(2)11-15-17(19(15,3)4)18(22)20(12-16(21)23-5)14-9-7-6-8-10-14/h6-11,15,17H,12H2,1-5H3/t15-,17+/m0/s1. The number of para-hydroxylation sites is 1. The van der Waals surface area contributed by atoms with E-state index in [2.05, 4.69) is 19.9 Å². The fourth-order valence-corrected chi connectivity index (χ4v) is 3.09. The molecule has 2 atom stereocenters. The fraction of sp³-hybridized carbons (Fsp3) is 0.474. The molecule has 0 aliphatic heterocycles. The molecule has 2 rings (SSSR count). The summed E-state index contributed by atoms with van der Waals surface area (Å²) in [7, 11) is 1.34. The third kappa shape index (κ3) is 3.63. The number of nitrogens with zero attached hydrogens (tertiary/aromatic N) is 1. The molecule has 4 nitrogen and oxygen atoms in total. The molecule has 0 aromatic heterocycles. The van der Waals surface area contributed by atoms with Gasteiger partial charge in [0.05, 0.1) is 13.0 Å².